The Hall–Kier alpha value is -0.0800. The zero-order valence-corrected chi connectivity index (χ0v) is 11.2. The lowest BCUT2D eigenvalue weighted by atomic mass is 9.98. The fraction of sp³-hybridized carbons (Fsp3) is 1.00. The van der Waals surface area contributed by atoms with E-state index in [0.29, 0.717) is 11.5 Å². The molecule has 2 rings (SSSR count). The first-order valence-corrected chi connectivity index (χ1v) is 6.94. The summed E-state index contributed by atoms with van der Waals surface area (Å²) >= 11 is 0. The van der Waals surface area contributed by atoms with Gasteiger partial charge in [-0.2, -0.15) is 0 Å². The third-order valence-electron chi connectivity index (χ3n) is 3.98. The number of ether oxygens (including phenoxy) is 1. The molecule has 2 nitrogen and oxygen atoms in total. The highest BCUT2D eigenvalue weighted by atomic mass is 16.5. The number of piperidine rings is 1. The van der Waals surface area contributed by atoms with Gasteiger partial charge in [0.15, 0.2) is 0 Å². The van der Waals surface area contributed by atoms with E-state index >= 15 is 0 Å². The van der Waals surface area contributed by atoms with Crippen LogP contribution in [0.2, 0.25) is 0 Å². The number of rotatable bonds is 5. The molecule has 0 spiro atoms. The van der Waals surface area contributed by atoms with E-state index < -0.39 is 0 Å². The van der Waals surface area contributed by atoms with E-state index in [0.717, 1.165) is 12.5 Å². The predicted molar refractivity (Wildman–Crippen MR) is 67.6 cm³/mol. The molecule has 0 radical (unpaired) electrons. The third-order valence-corrected chi connectivity index (χ3v) is 3.98. The van der Waals surface area contributed by atoms with Crippen LogP contribution in [0.25, 0.3) is 0 Å². The number of nitrogens with zero attached hydrogens (tertiary/aromatic N) is 1. The minimum atomic E-state index is 0.387. The minimum absolute atomic E-state index is 0.387. The fourth-order valence-corrected chi connectivity index (χ4v) is 2.77. The Morgan fingerprint density at radius 2 is 2.12 bits per heavy atom. The first kappa shape index (κ1) is 12.4. The molecule has 2 fully saturated rings. The van der Waals surface area contributed by atoms with Gasteiger partial charge in [0.2, 0.25) is 0 Å². The van der Waals surface area contributed by atoms with Crippen molar-refractivity contribution in [2.75, 3.05) is 26.2 Å². The zero-order valence-electron chi connectivity index (χ0n) is 11.2. The molecule has 1 atom stereocenters. The molecule has 1 saturated carbocycles. The van der Waals surface area contributed by atoms with Crippen LogP contribution in [0, 0.1) is 11.3 Å². The summed E-state index contributed by atoms with van der Waals surface area (Å²) < 4.78 is 5.81. The number of likely N-dealkylation sites (tertiary alicyclic amines) is 1. The summed E-state index contributed by atoms with van der Waals surface area (Å²) in [5, 5.41) is 0. The molecule has 0 bridgehead atoms. The quantitative estimate of drug-likeness (QED) is 0.713. The second-order valence-corrected chi connectivity index (χ2v) is 6.34. The Labute approximate surface area is 100 Å². The third kappa shape index (κ3) is 3.46. The van der Waals surface area contributed by atoms with Crippen molar-refractivity contribution in [3.63, 3.8) is 0 Å². The molecule has 1 heterocycles. The summed E-state index contributed by atoms with van der Waals surface area (Å²) in [6.45, 7) is 11.5. The molecule has 16 heavy (non-hydrogen) atoms. The minimum Gasteiger partial charge on any atom is -0.378 e. The van der Waals surface area contributed by atoms with Crippen LogP contribution in [0.1, 0.15) is 46.5 Å². The Morgan fingerprint density at radius 3 is 2.69 bits per heavy atom. The largest absolute Gasteiger partial charge is 0.378 e. The zero-order chi connectivity index (χ0) is 11.6. The first-order chi connectivity index (χ1) is 7.60. The highest BCUT2D eigenvalue weighted by molar-refractivity contribution is 4.96. The molecule has 0 aromatic heterocycles. The maximum absolute atomic E-state index is 5.81. The van der Waals surface area contributed by atoms with Crippen molar-refractivity contribution in [2.45, 2.75) is 52.6 Å². The maximum Gasteiger partial charge on any atom is 0.0538 e. The second kappa shape index (κ2) is 5.05. The van der Waals surface area contributed by atoms with Gasteiger partial charge in [-0.25, -0.2) is 0 Å². The van der Waals surface area contributed by atoms with E-state index in [-0.39, 0.29) is 0 Å². The monoisotopic (exact) mass is 225 g/mol. The van der Waals surface area contributed by atoms with Crippen LogP contribution in [0.15, 0.2) is 0 Å². The summed E-state index contributed by atoms with van der Waals surface area (Å²) in [5.41, 5.74) is 0.529. The lowest BCUT2D eigenvalue weighted by Gasteiger charge is -2.34. The molecule has 0 amide bonds. The molecule has 0 aromatic carbocycles. The van der Waals surface area contributed by atoms with Gasteiger partial charge in [-0.15, -0.1) is 0 Å². The van der Waals surface area contributed by atoms with Crippen molar-refractivity contribution in [1.29, 1.82) is 0 Å². The molecule has 1 aliphatic carbocycles. The van der Waals surface area contributed by atoms with Crippen LogP contribution >= 0.6 is 0 Å². The normalized spacial score (nSPS) is 29.6. The van der Waals surface area contributed by atoms with Crippen molar-refractivity contribution < 1.29 is 4.74 Å². The topological polar surface area (TPSA) is 12.5 Å². The molecule has 94 valence electrons. The van der Waals surface area contributed by atoms with Crippen LogP contribution in [-0.4, -0.2) is 37.2 Å². The second-order valence-electron chi connectivity index (χ2n) is 6.34. The first-order valence-electron chi connectivity index (χ1n) is 6.94. The van der Waals surface area contributed by atoms with Crippen LogP contribution in [-0.2, 0) is 4.74 Å². The van der Waals surface area contributed by atoms with Gasteiger partial charge in [0.1, 0.15) is 0 Å². The molecule has 0 unspecified atom stereocenters. The molecular formula is C14H27NO. The average molecular weight is 225 g/mol. The Balaban J connectivity index is 1.75. The van der Waals surface area contributed by atoms with Gasteiger partial charge in [-0.1, -0.05) is 6.92 Å². The molecule has 1 aliphatic heterocycles. The van der Waals surface area contributed by atoms with Crippen molar-refractivity contribution in [1.82, 2.24) is 4.90 Å². The van der Waals surface area contributed by atoms with E-state index in [1.54, 1.807) is 0 Å². The Bertz CT molecular complexity index is 223. The summed E-state index contributed by atoms with van der Waals surface area (Å²) in [6.07, 6.45) is 5.96. The summed E-state index contributed by atoms with van der Waals surface area (Å²) in [4.78, 5) is 2.67. The van der Waals surface area contributed by atoms with Crippen molar-refractivity contribution >= 4 is 0 Å². The molecular weight excluding hydrogens is 198 g/mol. The molecule has 0 N–H and O–H groups in total. The van der Waals surface area contributed by atoms with E-state index in [4.69, 9.17) is 4.74 Å². The highest BCUT2D eigenvalue weighted by Crippen LogP contribution is 2.47. The smallest absolute Gasteiger partial charge is 0.0538 e. The van der Waals surface area contributed by atoms with Crippen molar-refractivity contribution in [3.8, 4) is 0 Å². The van der Waals surface area contributed by atoms with Gasteiger partial charge in [0.05, 0.1) is 12.7 Å². The molecule has 2 heteroatoms. The molecule has 2 aliphatic rings. The van der Waals surface area contributed by atoms with Crippen LogP contribution < -0.4 is 0 Å². The Morgan fingerprint density at radius 1 is 1.38 bits per heavy atom. The number of hydrogen-bond donors (Lipinski definition) is 0. The van der Waals surface area contributed by atoms with Gasteiger partial charge in [0, 0.05) is 18.5 Å². The van der Waals surface area contributed by atoms with Crippen LogP contribution in [0.5, 0.6) is 0 Å². The Kier molecular flexibility index (Phi) is 3.91. The van der Waals surface area contributed by atoms with Gasteiger partial charge >= 0.3 is 0 Å². The highest BCUT2D eigenvalue weighted by Gasteiger charge is 2.44. The van der Waals surface area contributed by atoms with Crippen LogP contribution in [0.4, 0.5) is 0 Å². The standard InChI is InChI=1S/C14H27NO/c1-12(2)16-11-14(6-7-14)10-15-8-4-5-13(3)9-15/h12-13H,4-11H2,1-3H3/t13-/m1/s1. The van der Waals surface area contributed by atoms with Gasteiger partial charge in [-0.3, -0.25) is 0 Å². The SMILES string of the molecule is CC(C)OCC1(CN2CCC[C@@H](C)C2)CC1. The number of hydrogen-bond acceptors (Lipinski definition) is 2. The summed E-state index contributed by atoms with van der Waals surface area (Å²) in [5.74, 6) is 0.899. The maximum atomic E-state index is 5.81. The van der Waals surface area contributed by atoms with Gasteiger partial charge < -0.3 is 9.64 Å². The lowest BCUT2D eigenvalue weighted by Crippen LogP contribution is -2.39. The molecule has 1 saturated heterocycles. The van der Waals surface area contributed by atoms with E-state index in [2.05, 4.69) is 25.7 Å². The van der Waals surface area contributed by atoms with E-state index in [1.165, 1.54) is 45.3 Å². The fourth-order valence-electron chi connectivity index (χ4n) is 2.77. The van der Waals surface area contributed by atoms with Crippen molar-refractivity contribution in [2.24, 2.45) is 11.3 Å². The van der Waals surface area contributed by atoms with E-state index in [9.17, 15) is 0 Å². The van der Waals surface area contributed by atoms with Crippen LogP contribution in [0.3, 0.4) is 0 Å². The van der Waals surface area contributed by atoms with Crippen molar-refractivity contribution in [3.05, 3.63) is 0 Å². The van der Waals surface area contributed by atoms with Gasteiger partial charge in [0.25, 0.3) is 0 Å². The lowest BCUT2D eigenvalue weighted by molar-refractivity contribution is 0.0259. The predicted octanol–water partition coefficient (Wildman–Crippen LogP) is 2.92. The van der Waals surface area contributed by atoms with Gasteiger partial charge in [-0.05, 0) is 52.0 Å². The molecule has 0 aromatic rings. The van der Waals surface area contributed by atoms with E-state index in [1.807, 2.05) is 0 Å². The summed E-state index contributed by atoms with van der Waals surface area (Å²) in [7, 11) is 0. The average Bonchev–Trinajstić information content (AvgIpc) is 2.96. The summed E-state index contributed by atoms with van der Waals surface area (Å²) in [6, 6.07) is 0.